The molecule has 1 aromatic heterocycles. The third-order valence-electron chi connectivity index (χ3n) is 2.74. The van der Waals surface area contributed by atoms with Gasteiger partial charge in [0.1, 0.15) is 4.88 Å². The average molecular weight is 362 g/mol. The number of rotatable bonds is 5. The molecule has 1 aliphatic rings. The Bertz CT molecular complexity index is 570. The van der Waals surface area contributed by atoms with Crippen LogP contribution in [0.5, 0.6) is 0 Å². The lowest BCUT2D eigenvalue weighted by molar-refractivity contribution is -0.125. The first-order valence-electron chi connectivity index (χ1n) is 5.74. The minimum absolute atomic E-state index is 0.0263. The van der Waals surface area contributed by atoms with Gasteiger partial charge in [0, 0.05) is 5.92 Å². The van der Waals surface area contributed by atoms with Crippen LogP contribution in [-0.4, -0.2) is 24.0 Å². The number of primary amides is 2. The Morgan fingerprint density at radius 2 is 2.05 bits per heavy atom. The Labute approximate surface area is 126 Å². The topological polar surface area (TPSA) is 125 Å². The second-order valence-electron chi connectivity index (χ2n) is 4.34. The monoisotopic (exact) mass is 361 g/mol. The molecule has 0 saturated heterocycles. The van der Waals surface area contributed by atoms with Gasteiger partial charge in [-0.3, -0.25) is 9.59 Å². The number of thiophene rings is 1. The first-order chi connectivity index (χ1) is 9.38. The van der Waals surface area contributed by atoms with E-state index in [4.69, 9.17) is 16.2 Å². The SMILES string of the molecule is NC(=O)OC(C(=O)Nc1cc(Br)sc1C(N)=O)C1CC1. The first kappa shape index (κ1) is 14.8. The number of halogens is 1. The summed E-state index contributed by atoms with van der Waals surface area (Å²) < 4.78 is 5.47. The van der Waals surface area contributed by atoms with Crippen LogP contribution in [0.2, 0.25) is 0 Å². The van der Waals surface area contributed by atoms with Gasteiger partial charge in [0.2, 0.25) is 0 Å². The number of carbonyl (C=O) groups is 3. The molecule has 3 amide bonds. The quantitative estimate of drug-likeness (QED) is 0.733. The van der Waals surface area contributed by atoms with E-state index in [1.807, 2.05) is 0 Å². The molecule has 0 aliphatic heterocycles. The number of amides is 3. The Hall–Kier alpha value is -1.61. The summed E-state index contributed by atoms with van der Waals surface area (Å²) in [5, 5.41) is 2.55. The molecule has 2 rings (SSSR count). The van der Waals surface area contributed by atoms with E-state index in [9.17, 15) is 14.4 Å². The van der Waals surface area contributed by atoms with Gasteiger partial charge in [-0.1, -0.05) is 0 Å². The van der Waals surface area contributed by atoms with Gasteiger partial charge in [0.25, 0.3) is 11.8 Å². The van der Waals surface area contributed by atoms with Gasteiger partial charge in [-0.15, -0.1) is 11.3 Å². The van der Waals surface area contributed by atoms with E-state index in [2.05, 4.69) is 21.2 Å². The van der Waals surface area contributed by atoms with Gasteiger partial charge in [0.05, 0.1) is 9.47 Å². The fourth-order valence-corrected chi connectivity index (χ4v) is 3.14. The van der Waals surface area contributed by atoms with Crippen molar-refractivity contribution >= 4 is 50.9 Å². The van der Waals surface area contributed by atoms with E-state index < -0.39 is 24.0 Å². The molecule has 0 radical (unpaired) electrons. The molecule has 1 unspecified atom stereocenters. The molecule has 0 bridgehead atoms. The zero-order valence-electron chi connectivity index (χ0n) is 10.2. The maximum absolute atomic E-state index is 12.1. The Morgan fingerprint density at radius 1 is 1.40 bits per heavy atom. The van der Waals surface area contributed by atoms with Crippen molar-refractivity contribution < 1.29 is 19.1 Å². The van der Waals surface area contributed by atoms with E-state index in [-0.39, 0.29) is 16.5 Å². The predicted molar refractivity (Wildman–Crippen MR) is 76.3 cm³/mol. The summed E-state index contributed by atoms with van der Waals surface area (Å²) in [6.07, 6.45) is -0.353. The zero-order chi connectivity index (χ0) is 14.9. The fraction of sp³-hybridized carbons (Fsp3) is 0.364. The van der Waals surface area contributed by atoms with Crippen molar-refractivity contribution in [3.8, 4) is 0 Å². The fourth-order valence-electron chi connectivity index (χ4n) is 1.73. The van der Waals surface area contributed by atoms with Crippen LogP contribution in [0.25, 0.3) is 0 Å². The molecule has 5 N–H and O–H groups in total. The summed E-state index contributed by atoms with van der Waals surface area (Å²) in [6, 6.07) is 1.57. The molecule has 1 aromatic rings. The molecule has 1 saturated carbocycles. The largest absolute Gasteiger partial charge is 0.436 e. The van der Waals surface area contributed by atoms with Crippen molar-refractivity contribution in [2.75, 3.05) is 5.32 Å². The number of ether oxygens (including phenoxy) is 1. The smallest absolute Gasteiger partial charge is 0.405 e. The number of anilines is 1. The van der Waals surface area contributed by atoms with Crippen LogP contribution in [-0.2, 0) is 9.53 Å². The van der Waals surface area contributed by atoms with Gasteiger partial charge in [-0.05, 0) is 34.8 Å². The molecule has 1 fully saturated rings. The summed E-state index contributed by atoms with van der Waals surface area (Å²) in [4.78, 5) is 34.4. The number of nitrogens with two attached hydrogens (primary N) is 2. The predicted octanol–water partition coefficient (Wildman–Crippen LogP) is 1.42. The Kier molecular flexibility index (Phi) is 4.29. The third-order valence-corrected chi connectivity index (χ3v) is 4.39. The molecule has 0 spiro atoms. The molecule has 1 atom stereocenters. The van der Waals surface area contributed by atoms with E-state index >= 15 is 0 Å². The molecule has 0 aromatic carbocycles. The number of hydrogen-bond acceptors (Lipinski definition) is 5. The second-order valence-corrected chi connectivity index (χ2v) is 6.77. The number of hydrogen-bond donors (Lipinski definition) is 3. The minimum atomic E-state index is -1.00. The van der Waals surface area contributed by atoms with Crippen LogP contribution in [0.3, 0.4) is 0 Å². The molecule has 1 heterocycles. The van der Waals surface area contributed by atoms with Crippen molar-refractivity contribution in [2.24, 2.45) is 17.4 Å². The van der Waals surface area contributed by atoms with Gasteiger partial charge < -0.3 is 21.5 Å². The summed E-state index contributed by atoms with van der Waals surface area (Å²) in [5.41, 5.74) is 10.5. The highest BCUT2D eigenvalue weighted by Gasteiger charge is 2.39. The summed E-state index contributed by atoms with van der Waals surface area (Å²) in [6.45, 7) is 0. The van der Waals surface area contributed by atoms with E-state index in [1.165, 1.54) is 0 Å². The van der Waals surface area contributed by atoms with Gasteiger partial charge in [-0.2, -0.15) is 0 Å². The van der Waals surface area contributed by atoms with Crippen molar-refractivity contribution in [1.29, 1.82) is 0 Å². The lowest BCUT2D eigenvalue weighted by Gasteiger charge is -2.15. The van der Waals surface area contributed by atoms with Gasteiger partial charge >= 0.3 is 6.09 Å². The lowest BCUT2D eigenvalue weighted by Crippen LogP contribution is -2.36. The van der Waals surface area contributed by atoms with Crippen molar-refractivity contribution in [1.82, 2.24) is 0 Å². The highest BCUT2D eigenvalue weighted by Crippen LogP contribution is 2.36. The summed E-state index contributed by atoms with van der Waals surface area (Å²) in [7, 11) is 0. The standard InChI is InChI=1S/C11H12BrN3O4S/c12-6-3-5(8(20-6)9(13)16)15-10(17)7(4-1-2-4)19-11(14)18/h3-4,7H,1-2H2,(H2,13,16)(H2,14,18)(H,15,17). The highest BCUT2D eigenvalue weighted by atomic mass is 79.9. The van der Waals surface area contributed by atoms with Crippen LogP contribution in [0.4, 0.5) is 10.5 Å². The van der Waals surface area contributed by atoms with Gasteiger partial charge in [-0.25, -0.2) is 4.79 Å². The molecule has 108 valence electrons. The van der Waals surface area contributed by atoms with Crippen molar-refractivity contribution in [3.63, 3.8) is 0 Å². The molecule has 7 nitrogen and oxygen atoms in total. The third kappa shape index (κ3) is 3.48. The zero-order valence-corrected chi connectivity index (χ0v) is 12.6. The van der Waals surface area contributed by atoms with Crippen LogP contribution in [0, 0.1) is 5.92 Å². The van der Waals surface area contributed by atoms with Crippen LogP contribution < -0.4 is 16.8 Å². The Morgan fingerprint density at radius 3 is 2.55 bits per heavy atom. The molecular weight excluding hydrogens is 350 g/mol. The normalized spacial score (nSPS) is 15.4. The maximum atomic E-state index is 12.1. The van der Waals surface area contributed by atoms with Gasteiger partial charge in [0.15, 0.2) is 6.10 Å². The molecule has 1 aliphatic carbocycles. The van der Waals surface area contributed by atoms with E-state index in [1.54, 1.807) is 6.07 Å². The summed E-state index contributed by atoms with van der Waals surface area (Å²) in [5.74, 6) is -1.18. The molecule has 20 heavy (non-hydrogen) atoms. The minimum Gasteiger partial charge on any atom is -0.436 e. The Balaban J connectivity index is 2.13. The van der Waals surface area contributed by atoms with E-state index in [0.29, 0.717) is 3.79 Å². The number of carbonyl (C=O) groups excluding carboxylic acids is 3. The average Bonchev–Trinajstić information content (AvgIpc) is 3.10. The maximum Gasteiger partial charge on any atom is 0.405 e. The lowest BCUT2D eigenvalue weighted by atomic mass is 10.2. The second kappa shape index (κ2) is 5.80. The first-order valence-corrected chi connectivity index (χ1v) is 7.35. The highest BCUT2D eigenvalue weighted by molar-refractivity contribution is 9.11. The van der Waals surface area contributed by atoms with Crippen LogP contribution >= 0.6 is 27.3 Å². The van der Waals surface area contributed by atoms with Crippen molar-refractivity contribution in [2.45, 2.75) is 18.9 Å². The number of nitrogens with one attached hydrogen (secondary N) is 1. The van der Waals surface area contributed by atoms with E-state index in [0.717, 1.165) is 24.2 Å². The van der Waals surface area contributed by atoms with Crippen LogP contribution in [0.1, 0.15) is 22.5 Å². The molecule has 9 heteroatoms. The van der Waals surface area contributed by atoms with Crippen LogP contribution in [0.15, 0.2) is 9.85 Å². The summed E-state index contributed by atoms with van der Waals surface area (Å²) >= 11 is 4.32. The molecular formula is C11H12BrN3O4S. The van der Waals surface area contributed by atoms with Crippen molar-refractivity contribution in [3.05, 3.63) is 14.7 Å².